The van der Waals surface area contributed by atoms with Gasteiger partial charge in [-0.3, -0.25) is 19.4 Å². The maximum Gasteiger partial charge on any atom is 0.325 e. The number of anilines is 1. The van der Waals surface area contributed by atoms with E-state index in [1.165, 1.54) is 0 Å². The van der Waals surface area contributed by atoms with E-state index in [2.05, 4.69) is 15.5 Å². The zero-order valence-corrected chi connectivity index (χ0v) is 18.4. The van der Waals surface area contributed by atoms with E-state index in [9.17, 15) is 14.4 Å². The van der Waals surface area contributed by atoms with Crippen LogP contribution in [0.4, 0.5) is 10.5 Å². The number of imide groups is 1. The first kappa shape index (κ1) is 22.0. The lowest BCUT2D eigenvalue weighted by Gasteiger charge is -2.26. The molecule has 32 heavy (non-hydrogen) atoms. The Morgan fingerprint density at radius 2 is 1.78 bits per heavy atom. The van der Waals surface area contributed by atoms with E-state index in [1.54, 1.807) is 6.92 Å². The van der Waals surface area contributed by atoms with Crippen LogP contribution in [-0.4, -0.2) is 60.5 Å². The van der Waals surface area contributed by atoms with Crippen molar-refractivity contribution in [1.82, 2.24) is 15.1 Å². The Hall–Kier alpha value is -3.23. The van der Waals surface area contributed by atoms with Crippen LogP contribution >= 0.6 is 0 Å². The molecule has 2 aromatic carbocycles. The second-order valence-electron chi connectivity index (χ2n) is 8.39. The highest BCUT2D eigenvalue weighted by Gasteiger charge is 2.50. The molecule has 0 aliphatic carbocycles. The second-order valence-corrected chi connectivity index (χ2v) is 8.39. The number of carbonyl (C=O) groups excluding carboxylic acids is 3. The maximum atomic E-state index is 13.1. The molecule has 0 saturated carbocycles. The second kappa shape index (κ2) is 9.10. The predicted octanol–water partition coefficient (Wildman–Crippen LogP) is 2.23. The SMILES string of the molecule is Cc1ccccc1C1(C)NC(=O)N(CC(=O)Nc2ccc(CN3CCOCC3)cc2)C1=O. The van der Waals surface area contributed by atoms with Crippen LogP contribution in [-0.2, 0) is 26.4 Å². The lowest BCUT2D eigenvalue weighted by atomic mass is 9.88. The third kappa shape index (κ3) is 4.51. The van der Waals surface area contributed by atoms with Crippen LogP contribution in [0.5, 0.6) is 0 Å². The van der Waals surface area contributed by atoms with E-state index >= 15 is 0 Å². The number of carbonyl (C=O) groups is 3. The molecule has 0 aromatic heterocycles. The topological polar surface area (TPSA) is 91.0 Å². The van der Waals surface area contributed by atoms with Gasteiger partial charge >= 0.3 is 6.03 Å². The predicted molar refractivity (Wildman–Crippen MR) is 120 cm³/mol. The van der Waals surface area contributed by atoms with Gasteiger partial charge in [0.1, 0.15) is 12.1 Å². The number of hydrogen-bond donors (Lipinski definition) is 2. The highest BCUT2D eigenvalue weighted by molar-refractivity contribution is 6.10. The fourth-order valence-corrected chi connectivity index (χ4v) is 4.21. The molecule has 2 N–H and O–H groups in total. The van der Waals surface area contributed by atoms with E-state index < -0.39 is 23.4 Å². The Morgan fingerprint density at radius 3 is 2.47 bits per heavy atom. The summed E-state index contributed by atoms with van der Waals surface area (Å²) in [5.74, 6) is -0.865. The molecule has 8 heteroatoms. The normalized spacial score (nSPS) is 21.5. The lowest BCUT2D eigenvalue weighted by molar-refractivity contribution is -0.133. The third-order valence-corrected chi connectivity index (χ3v) is 6.01. The number of nitrogens with one attached hydrogen (secondary N) is 2. The van der Waals surface area contributed by atoms with Gasteiger partial charge in [0.2, 0.25) is 5.91 Å². The number of morpholine rings is 1. The van der Waals surface area contributed by atoms with Gasteiger partial charge in [-0.15, -0.1) is 0 Å². The van der Waals surface area contributed by atoms with Crippen molar-refractivity contribution in [1.29, 1.82) is 0 Å². The van der Waals surface area contributed by atoms with Crippen molar-refractivity contribution in [2.45, 2.75) is 25.9 Å². The highest BCUT2D eigenvalue weighted by Crippen LogP contribution is 2.30. The Bertz CT molecular complexity index is 1020. The summed E-state index contributed by atoms with van der Waals surface area (Å²) >= 11 is 0. The Morgan fingerprint density at radius 1 is 1.09 bits per heavy atom. The molecule has 2 fully saturated rings. The molecule has 4 amide bonds. The molecule has 0 bridgehead atoms. The largest absolute Gasteiger partial charge is 0.379 e. The minimum Gasteiger partial charge on any atom is -0.379 e. The molecule has 2 aromatic rings. The molecule has 1 unspecified atom stereocenters. The smallest absolute Gasteiger partial charge is 0.325 e. The van der Waals surface area contributed by atoms with Crippen LogP contribution in [0.25, 0.3) is 0 Å². The van der Waals surface area contributed by atoms with E-state index in [0.29, 0.717) is 5.69 Å². The summed E-state index contributed by atoms with van der Waals surface area (Å²) < 4.78 is 5.37. The van der Waals surface area contributed by atoms with Crippen LogP contribution < -0.4 is 10.6 Å². The maximum absolute atomic E-state index is 13.1. The van der Waals surface area contributed by atoms with Crippen LogP contribution in [0.2, 0.25) is 0 Å². The van der Waals surface area contributed by atoms with Crippen molar-refractivity contribution in [3.63, 3.8) is 0 Å². The van der Waals surface area contributed by atoms with Gasteiger partial charge < -0.3 is 15.4 Å². The van der Waals surface area contributed by atoms with Gasteiger partial charge in [0.05, 0.1) is 13.2 Å². The number of ether oxygens (including phenoxy) is 1. The summed E-state index contributed by atoms with van der Waals surface area (Å²) in [4.78, 5) is 41.4. The van der Waals surface area contributed by atoms with E-state index in [0.717, 1.165) is 54.4 Å². The van der Waals surface area contributed by atoms with Gasteiger partial charge in [-0.05, 0) is 42.7 Å². The van der Waals surface area contributed by atoms with Crippen molar-refractivity contribution in [2.24, 2.45) is 0 Å². The van der Waals surface area contributed by atoms with E-state index in [1.807, 2.05) is 55.5 Å². The number of hydrogen-bond acceptors (Lipinski definition) is 5. The van der Waals surface area contributed by atoms with Crippen LogP contribution in [0.15, 0.2) is 48.5 Å². The standard InChI is InChI=1S/C24H28N4O4/c1-17-5-3-4-6-20(17)24(2)22(30)28(23(31)26-24)16-21(29)25-19-9-7-18(8-10-19)15-27-11-13-32-14-12-27/h3-10H,11-16H2,1-2H3,(H,25,29)(H,26,31). The molecule has 1 atom stereocenters. The highest BCUT2D eigenvalue weighted by atomic mass is 16.5. The van der Waals surface area contributed by atoms with Gasteiger partial charge in [-0.25, -0.2) is 4.79 Å². The summed E-state index contributed by atoms with van der Waals surface area (Å²) in [6, 6.07) is 14.4. The fourth-order valence-electron chi connectivity index (χ4n) is 4.21. The molecular formula is C24H28N4O4. The van der Waals surface area contributed by atoms with Crippen molar-refractivity contribution in [2.75, 3.05) is 38.2 Å². The molecular weight excluding hydrogens is 408 g/mol. The van der Waals surface area contributed by atoms with Gasteiger partial charge in [0, 0.05) is 25.3 Å². The molecule has 2 heterocycles. The van der Waals surface area contributed by atoms with Crippen molar-refractivity contribution in [3.8, 4) is 0 Å². The van der Waals surface area contributed by atoms with Crippen LogP contribution in [0.1, 0.15) is 23.6 Å². The first-order valence-corrected chi connectivity index (χ1v) is 10.8. The minimum absolute atomic E-state index is 0.346. The van der Waals surface area contributed by atoms with Gasteiger partial charge in [-0.1, -0.05) is 36.4 Å². The monoisotopic (exact) mass is 436 g/mol. The van der Waals surface area contributed by atoms with Crippen LogP contribution in [0.3, 0.4) is 0 Å². The van der Waals surface area contributed by atoms with Gasteiger partial charge in [0.25, 0.3) is 5.91 Å². The molecule has 2 saturated heterocycles. The first-order valence-electron chi connectivity index (χ1n) is 10.8. The van der Waals surface area contributed by atoms with Gasteiger partial charge in [-0.2, -0.15) is 0 Å². The van der Waals surface area contributed by atoms with Gasteiger partial charge in [0.15, 0.2) is 0 Å². The van der Waals surface area contributed by atoms with Crippen LogP contribution in [0, 0.1) is 6.92 Å². The van der Waals surface area contributed by atoms with E-state index in [-0.39, 0.29) is 6.54 Å². The zero-order valence-electron chi connectivity index (χ0n) is 18.4. The summed E-state index contributed by atoms with van der Waals surface area (Å²) in [6.45, 7) is 7.36. The number of urea groups is 1. The van der Waals surface area contributed by atoms with Crippen molar-refractivity contribution < 1.29 is 19.1 Å². The summed E-state index contributed by atoms with van der Waals surface area (Å²) in [5, 5.41) is 5.52. The fraction of sp³-hybridized carbons (Fsp3) is 0.375. The average molecular weight is 437 g/mol. The molecule has 2 aliphatic heterocycles. The summed E-state index contributed by atoms with van der Waals surface area (Å²) in [7, 11) is 0. The number of rotatable bonds is 6. The Kier molecular flexibility index (Phi) is 6.25. The number of amides is 4. The number of nitrogens with zero attached hydrogens (tertiary/aromatic N) is 2. The van der Waals surface area contributed by atoms with Crippen molar-refractivity contribution >= 4 is 23.5 Å². The number of aryl methyl sites for hydroxylation is 1. The molecule has 4 rings (SSSR count). The summed E-state index contributed by atoms with van der Waals surface area (Å²) in [6.07, 6.45) is 0. The zero-order chi connectivity index (χ0) is 22.7. The molecule has 168 valence electrons. The quantitative estimate of drug-likeness (QED) is 0.678. The average Bonchev–Trinajstić information content (AvgIpc) is 3.00. The molecule has 8 nitrogen and oxygen atoms in total. The van der Waals surface area contributed by atoms with E-state index in [4.69, 9.17) is 4.74 Å². The van der Waals surface area contributed by atoms with Crippen molar-refractivity contribution in [3.05, 3.63) is 65.2 Å². The Labute approximate surface area is 187 Å². The first-order chi connectivity index (χ1) is 15.4. The summed E-state index contributed by atoms with van der Waals surface area (Å²) in [5.41, 5.74) is 2.19. The minimum atomic E-state index is -1.19. The molecule has 2 aliphatic rings. The number of benzene rings is 2. The molecule has 0 spiro atoms. The molecule has 0 radical (unpaired) electrons. The third-order valence-electron chi connectivity index (χ3n) is 6.01. The Balaban J connectivity index is 1.37. The lowest BCUT2D eigenvalue weighted by Crippen LogP contribution is -2.42.